The molecule has 0 bridgehead atoms. The van der Waals surface area contributed by atoms with Crippen LogP contribution in [0, 0.1) is 5.92 Å². The van der Waals surface area contributed by atoms with Crippen LogP contribution in [0.15, 0.2) is 57.2 Å². The minimum Gasteiger partial charge on any atom is -0.465 e. The van der Waals surface area contributed by atoms with Crippen LogP contribution in [0.5, 0.6) is 0 Å². The van der Waals surface area contributed by atoms with E-state index in [0.717, 1.165) is 32.6 Å². The summed E-state index contributed by atoms with van der Waals surface area (Å²) in [5, 5.41) is 0.175. The Balaban J connectivity index is 0.000000248. The molecule has 0 aliphatic rings. The van der Waals surface area contributed by atoms with E-state index in [0.29, 0.717) is 38.6 Å². The molecule has 0 amide bonds. The van der Waals surface area contributed by atoms with Crippen LogP contribution >= 0.6 is 46.2 Å². The number of rotatable bonds is 17. The summed E-state index contributed by atoms with van der Waals surface area (Å²) in [5.74, 6) is 0.206. The monoisotopic (exact) mass is 690 g/mol. The quantitative estimate of drug-likeness (QED) is 0.0610. The number of ether oxygens (including phenoxy) is 3. The molecule has 7 nitrogen and oxygen atoms in total. The Bertz CT molecular complexity index is 1410. The molecule has 246 valence electrons. The number of aromatic nitrogens is 2. The highest BCUT2D eigenvalue weighted by Crippen LogP contribution is 2.39. The smallest absolute Gasteiger partial charge is 0.307 e. The molecule has 0 N–H and O–H groups in total. The van der Waals surface area contributed by atoms with Crippen molar-refractivity contribution in [2.75, 3.05) is 26.9 Å². The number of esters is 2. The van der Waals surface area contributed by atoms with E-state index in [1.54, 1.807) is 53.3 Å². The lowest BCUT2D eigenvalue weighted by Crippen LogP contribution is -2.22. The van der Waals surface area contributed by atoms with Gasteiger partial charge in [-0.25, -0.2) is 9.97 Å². The van der Waals surface area contributed by atoms with Gasteiger partial charge in [0.05, 0.1) is 46.5 Å². The molecule has 2 atom stereocenters. The Morgan fingerprint density at radius 3 is 2.11 bits per heavy atom. The molecule has 0 radical (unpaired) electrons. The molecule has 45 heavy (non-hydrogen) atoms. The molecule has 2 aromatic carbocycles. The highest BCUT2D eigenvalue weighted by molar-refractivity contribution is 8.02. The fourth-order valence-electron chi connectivity index (χ4n) is 4.32. The van der Waals surface area contributed by atoms with Gasteiger partial charge in [-0.05, 0) is 50.5 Å². The minimum absolute atomic E-state index is 0.0916. The molecule has 0 spiro atoms. The van der Waals surface area contributed by atoms with E-state index < -0.39 is 0 Å². The third-order valence-corrected chi connectivity index (χ3v) is 11.3. The molecule has 4 aromatic rings. The molecule has 2 aromatic heterocycles. The van der Waals surface area contributed by atoms with Gasteiger partial charge in [-0.15, -0.1) is 22.7 Å². The van der Waals surface area contributed by atoms with Crippen molar-refractivity contribution in [3.63, 3.8) is 0 Å². The number of methoxy groups -OCH3 is 1. The van der Waals surface area contributed by atoms with E-state index in [1.165, 1.54) is 22.2 Å². The van der Waals surface area contributed by atoms with Crippen LogP contribution in [0.3, 0.4) is 0 Å². The SMILES string of the molecule is CCCCC(CC)COC(=O)CC(C)Sc1nc2ccccc2s1.COCCOC(=O)CC(C)(C)Sc1nc2ccccc2s1. The van der Waals surface area contributed by atoms with E-state index in [2.05, 4.69) is 42.9 Å². The van der Waals surface area contributed by atoms with Crippen LogP contribution in [-0.2, 0) is 23.8 Å². The number of para-hydroxylation sites is 2. The normalized spacial score (nSPS) is 12.8. The van der Waals surface area contributed by atoms with Gasteiger partial charge >= 0.3 is 11.9 Å². The second-order valence-corrected chi connectivity index (χ2v) is 17.1. The zero-order chi connectivity index (χ0) is 32.7. The summed E-state index contributed by atoms with van der Waals surface area (Å²) in [6.07, 6.45) is 5.40. The number of fused-ring (bicyclic) bond motifs is 2. The number of thioether (sulfide) groups is 2. The van der Waals surface area contributed by atoms with Crippen molar-refractivity contribution in [1.82, 2.24) is 9.97 Å². The van der Waals surface area contributed by atoms with Crippen LogP contribution in [0.2, 0.25) is 0 Å². The van der Waals surface area contributed by atoms with Gasteiger partial charge in [-0.1, -0.05) is 87.8 Å². The fraction of sp³-hybridized carbons (Fsp3) is 0.529. The maximum Gasteiger partial charge on any atom is 0.307 e. The lowest BCUT2D eigenvalue weighted by Gasteiger charge is -2.21. The summed E-state index contributed by atoms with van der Waals surface area (Å²) < 4.78 is 19.6. The first-order valence-electron chi connectivity index (χ1n) is 15.5. The lowest BCUT2D eigenvalue weighted by atomic mass is 10.0. The zero-order valence-electron chi connectivity index (χ0n) is 27.2. The third-order valence-electron chi connectivity index (χ3n) is 6.81. The Kier molecular flexibility index (Phi) is 16.1. The van der Waals surface area contributed by atoms with Gasteiger partial charge in [-0.2, -0.15) is 0 Å². The molecule has 0 aliphatic carbocycles. The number of hydrogen-bond donors (Lipinski definition) is 0. The summed E-state index contributed by atoms with van der Waals surface area (Å²) in [4.78, 5) is 33.0. The second-order valence-electron chi connectivity index (χ2n) is 11.4. The topological polar surface area (TPSA) is 87.6 Å². The van der Waals surface area contributed by atoms with Crippen molar-refractivity contribution in [1.29, 1.82) is 0 Å². The maximum absolute atomic E-state index is 12.1. The number of carbonyl (C=O) groups excluding carboxylic acids is 2. The van der Waals surface area contributed by atoms with Gasteiger partial charge in [0.25, 0.3) is 0 Å². The molecule has 2 unspecified atom stereocenters. The molecule has 0 aliphatic heterocycles. The second kappa shape index (κ2) is 19.5. The molecular weight excluding hydrogens is 645 g/mol. The average Bonchev–Trinajstić information content (AvgIpc) is 3.59. The predicted octanol–water partition coefficient (Wildman–Crippen LogP) is 9.67. The molecule has 0 fully saturated rings. The number of thiazole rings is 2. The average molecular weight is 691 g/mol. The standard InChI is InChI=1S/C19H27NO2S2.C15H19NO3S2/c1-4-6-9-15(5-2)13-22-18(21)12-14(3)23-19-20-16-10-7-8-11-17(16)24-19;1-15(2,10-13(17)19-9-8-18-3)21-14-16-11-6-4-5-7-12(11)20-14/h7-8,10-11,14-15H,4-6,9,12-13H2,1-3H3;4-7H,8-10H2,1-3H3. The molecule has 4 rings (SSSR count). The van der Waals surface area contributed by atoms with E-state index in [9.17, 15) is 9.59 Å². The van der Waals surface area contributed by atoms with Crippen molar-refractivity contribution in [2.24, 2.45) is 5.92 Å². The van der Waals surface area contributed by atoms with Gasteiger partial charge in [0.1, 0.15) is 6.61 Å². The van der Waals surface area contributed by atoms with Crippen LogP contribution in [0.4, 0.5) is 0 Å². The van der Waals surface area contributed by atoms with Gasteiger partial charge in [0.15, 0.2) is 8.68 Å². The van der Waals surface area contributed by atoms with E-state index in [-0.39, 0.29) is 21.9 Å². The predicted molar refractivity (Wildman–Crippen MR) is 191 cm³/mol. The van der Waals surface area contributed by atoms with Crippen molar-refractivity contribution >= 4 is 78.6 Å². The number of unbranched alkanes of at least 4 members (excludes halogenated alkanes) is 1. The fourth-order valence-corrected chi connectivity index (χ4v) is 9.31. The third kappa shape index (κ3) is 13.6. The summed E-state index contributed by atoms with van der Waals surface area (Å²) >= 11 is 6.61. The van der Waals surface area contributed by atoms with Crippen molar-refractivity contribution in [3.05, 3.63) is 48.5 Å². The molecule has 2 heterocycles. The van der Waals surface area contributed by atoms with Gasteiger partial charge in [0, 0.05) is 17.1 Å². The Morgan fingerprint density at radius 2 is 1.51 bits per heavy atom. The first-order valence-corrected chi connectivity index (χ1v) is 18.8. The molecule has 0 saturated heterocycles. The molecule has 0 saturated carbocycles. The number of carbonyl (C=O) groups is 2. The number of nitrogens with zero attached hydrogens (tertiary/aromatic N) is 2. The zero-order valence-corrected chi connectivity index (χ0v) is 30.5. The first-order chi connectivity index (χ1) is 21.6. The van der Waals surface area contributed by atoms with E-state index >= 15 is 0 Å². The summed E-state index contributed by atoms with van der Waals surface area (Å²) in [7, 11) is 1.58. The van der Waals surface area contributed by atoms with Crippen molar-refractivity contribution in [3.8, 4) is 0 Å². The van der Waals surface area contributed by atoms with Crippen molar-refractivity contribution in [2.45, 2.75) is 91.8 Å². The van der Waals surface area contributed by atoms with E-state index in [1.807, 2.05) is 50.2 Å². The molecular formula is C34H46N2O5S4. The minimum atomic E-state index is -0.252. The summed E-state index contributed by atoms with van der Waals surface area (Å²) in [6.45, 7) is 11.8. The largest absolute Gasteiger partial charge is 0.465 e. The van der Waals surface area contributed by atoms with Gasteiger partial charge in [0.2, 0.25) is 0 Å². The Morgan fingerprint density at radius 1 is 0.889 bits per heavy atom. The van der Waals surface area contributed by atoms with Crippen LogP contribution in [0.25, 0.3) is 20.4 Å². The summed E-state index contributed by atoms with van der Waals surface area (Å²) in [6, 6.07) is 16.2. The van der Waals surface area contributed by atoms with Crippen LogP contribution in [0.1, 0.15) is 73.1 Å². The Labute approximate surface area is 284 Å². The van der Waals surface area contributed by atoms with Crippen LogP contribution in [-0.4, -0.2) is 58.8 Å². The highest BCUT2D eigenvalue weighted by Gasteiger charge is 2.26. The molecule has 11 heteroatoms. The lowest BCUT2D eigenvalue weighted by molar-refractivity contribution is -0.146. The highest BCUT2D eigenvalue weighted by atomic mass is 32.2. The number of hydrogen-bond acceptors (Lipinski definition) is 11. The Hall–Kier alpha value is -2.18. The van der Waals surface area contributed by atoms with Crippen LogP contribution < -0.4 is 0 Å². The summed E-state index contributed by atoms with van der Waals surface area (Å²) in [5.41, 5.74) is 2.03. The maximum atomic E-state index is 12.1. The number of benzene rings is 2. The van der Waals surface area contributed by atoms with Crippen molar-refractivity contribution < 1.29 is 23.8 Å². The van der Waals surface area contributed by atoms with E-state index in [4.69, 9.17) is 14.2 Å². The van der Waals surface area contributed by atoms with Gasteiger partial charge in [-0.3, -0.25) is 9.59 Å². The van der Waals surface area contributed by atoms with Gasteiger partial charge < -0.3 is 14.2 Å². The first kappa shape index (κ1) is 37.3.